The molecule has 1 aromatic rings. The average Bonchev–Trinajstić information content (AvgIpc) is 2.68. The first-order chi connectivity index (χ1) is 8.15. The first-order valence-corrected chi connectivity index (χ1v) is 5.49. The number of aryl methyl sites for hydroxylation is 2. The van der Waals surface area contributed by atoms with E-state index in [2.05, 4.69) is 16.5 Å². The van der Waals surface area contributed by atoms with Crippen LogP contribution in [0.25, 0.3) is 0 Å². The van der Waals surface area contributed by atoms with Gasteiger partial charge in [-0.2, -0.15) is 5.26 Å². The number of nitrogens with one attached hydrogen (secondary N) is 1. The van der Waals surface area contributed by atoms with Crippen LogP contribution in [-0.2, 0) is 0 Å². The lowest BCUT2D eigenvalue weighted by Crippen LogP contribution is -2.53. The molecule has 6 heteroatoms. The predicted octanol–water partition coefficient (Wildman–Crippen LogP) is 0.229. The molecule has 2 heterocycles. The zero-order valence-electron chi connectivity index (χ0n) is 9.86. The van der Waals surface area contributed by atoms with Crippen LogP contribution in [0.5, 0.6) is 0 Å². The van der Waals surface area contributed by atoms with Crippen LogP contribution in [-0.4, -0.2) is 41.6 Å². The summed E-state index contributed by atoms with van der Waals surface area (Å²) in [6, 6.07) is 1.70. The minimum atomic E-state index is -0.426. The highest BCUT2D eigenvalue weighted by Gasteiger charge is 2.30. The summed E-state index contributed by atoms with van der Waals surface area (Å²) in [5.74, 6) is 0.331. The Morgan fingerprint density at radius 2 is 2.41 bits per heavy atom. The highest BCUT2D eigenvalue weighted by Crippen LogP contribution is 2.17. The summed E-state index contributed by atoms with van der Waals surface area (Å²) in [5.41, 5.74) is 1.05. The molecule has 0 saturated carbocycles. The Balaban J connectivity index is 2.28. The highest BCUT2D eigenvalue weighted by molar-refractivity contribution is 5.96. The van der Waals surface area contributed by atoms with E-state index in [0.717, 1.165) is 0 Å². The number of nitriles is 1. The number of carbonyl (C=O) groups is 1. The van der Waals surface area contributed by atoms with Crippen molar-refractivity contribution in [3.05, 3.63) is 17.0 Å². The van der Waals surface area contributed by atoms with E-state index in [1.54, 1.807) is 18.7 Å². The third-order valence-corrected chi connectivity index (χ3v) is 2.90. The van der Waals surface area contributed by atoms with Crippen LogP contribution in [0.15, 0.2) is 4.52 Å². The van der Waals surface area contributed by atoms with E-state index in [4.69, 9.17) is 9.78 Å². The van der Waals surface area contributed by atoms with Crippen molar-refractivity contribution in [2.75, 3.05) is 19.6 Å². The van der Waals surface area contributed by atoms with Gasteiger partial charge >= 0.3 is 0 Å². The quantitative estimate of drug-likeness (QED) is 0.752. The van der Waals surface area contributed by atoms with Gasteiger partial charge in [0.25, 0.3) is 5.91 Å². The summed E-state index contributed by atoms with van der Waals surface area (Å²) in [4.78, 5) is 13.9. The number of carbonyl (C=O) groups excluding carboxylic acids is 1. The fourth-order valence-corrected chi connectivity index (χ4v) is 1.99. The first-order valence-electron chi connectivity index (χ1n) is 5.49. The normalized spacial score (nSPS) is 20.1. The number of rotatable bonds is 1. The lowest BCUT2D eigenvalue weighted by molar-refractivity contribution is 0.0684. The highest BCUT2D eigenvalue weighted by atomic mass is 16.5. The smallest absolute Gasteiger partial charge is 0.260 e. The van der Waals surface area contributed by atoms with E-state index in [0.29, 0.717) is 36.7 Å². The molecule has 6 nitrogen and oxygen atoms in total. The van der Waals surface area contributed by atoms with E-state index in [1.165, 1.54) is 0 Å². The van der Waals surface area contributed by atoms with E-state index in [9.17, 15) is 4.79 Å². The number of amides is 1. The molecule has 0 bridgehead atoms. The van der Waals surface area contributed by atoms with Gasteiger partial charge in [-0.25, -0.2) is 0 Å². The largest absolute Gasteiger partial charge is 0.361 e. The number of hydrogen-bond donors (Lipinski definition) is 1. The second-order valence-corrected chi connectivity index (χ2v) is 4.05. The molecule has 0 spiro atoms. The molecule has 1 amide bonds. The minimum Gasteiger partial charge on any atom is -0.361 e. The van der Waals surface area contributed by atoms with Gasteiger partial charge < -0.3 is 14.7 Å². The Kier molecular flexibility index (Phi) is 3.11. The van der Waals surface area contributed by atoms with Crippen LogP contribution in [0.3, 0.4) is 0 Å². The van der Waals surface area contributed by atoms with Gasteiger partial charge in [0, 0.05) is 19.6 Å². The fraction of sp³-hybridized carbons (Fsp3) is 0.545. The fourth-order valence-electron chi connectivity index (χ4n) is 1.99. The number of nitrogens with zero attached hydrogens (tertiary/aromatic N) is 3. The Morgan fingerprint density at radius 1 is 1.65 bits per heavy atom. The predicted molar refractivity (Wildman–Crippen MR) is 59.3 cm³/mol. The average molecular weight is 234 g/mol. The molecule has 2 rings (SSSR count). The second-order valence-electron chi connectivity index (χ2n) is 4.05. The standard InChI is InChI=1S/C11H14N4O2/c1-7-10(8(2)17-14-7)11(16)15-4-3-13-6-9(15)5-12/h9,13H,3-4,6H2,1-2H3. The van der Waals surface area contributed by atoms with Crippen LogP contribution in [0, 0.1) is 25.2 Å². The van der Waals surface area contributed by atoms with Gasteiger partial charge in [0.1, 0.15) is 17.4 Å². The van der Waals surface area contributed by atoms with Crippen LogP contribution in [0.1, 0.15) is 21.8 Å². The number of piperazine rings is 1. The molecule has 0 radical (unpaired) electrons. The molecule has 1 fully saturated rings. The van der Waals surface area contributed by atoms with Crippen molar-refractivity contribution in [2.45, 2.75) is 19.9 Å². The second kappa shape index (κ2) is 4.55. The topological polar surface area (TPSA) is 82.2 Å². The maximum absolute atomic E-state index is 12.3. The number of aromatic nitrogens is 1. The van der Waals surface area contributed by atoms with E-state index in [-0.39, 0.29) is 5.91 Å². The summed E-state index contributed by atoms with van der Waals surface area (Å²) < 4.78 is 4.98. The van der Waals surface area contributed by atoms with Crippen molar-refractivity contribution in [1.29, 1.82) is 5.26 Å². The van der Waals surface area contributed by atoms with Crippen molar-refractivity contribution < 1.29 is 9.32 Å². The van der Waals surface area contributed by atoms with Gasteiger partial charge in [-0.1, -0.05) is 5.16 Å². The van der Waals surface area contributed by atoms with Crippen molar-refractivity contribution in [3.63, 3.8) is 0 Å². The molecule has 1 aromatic heterocycles. The molecule has 90 valence electrons. The van der Waals surface area contributed by atoms with E-state index >= 15 is 0 Å². The van der Waals surface area contributed by atoms with E-state index < -0.39 is 6.04 Å². The molecule has 1 unspecified atom stereocenters. The molecule has 0 aromatic carbocycles. The van der Waals surface area contributed by atoms with Gasteiger partial charge in [-0.3, -0.25) is 4.79 Å². The lowest BCUT2D eigenvalue weighted by atomic mass is 10.1. The molecule has 1 N–H and O–H groups in total. The molecular formula is C11H14N4O2. The molecule has 17 heavy (non-hydrogen) atoms. The van der Waals surface area contributed by atoms with Crippen molar-refractivity contribution in [3.8, 4) is 6.07 Å². The maximum atomic E-state index is 12.3. The molecule has 1 aliphatic rings. The summed E-state index contributed by atoms with van der Waals surface area (Å²) in [6.07, 6.45) is 0. The summed E-state index contributed by atoms with van der Waals surface area (Å²) in [6.45, 7) is 5.17. The third-order valence-electron chi connectivity index (χ3n) is 2.90. The van der Waals surface area contributed by atoms with Crippen LogP contribution >= 0.6 is 0 Å². The van der Waals surface area contributed by atoms with Crippen LogP contribution in [0.2, 0.25) is 0 Å². The van der Waals surface area contributed by atoms with Gasteiger partial charge in [0.05, 0.1) is 11.8 Å². The lowest BCUT2D eigenvalue weighted by Gasteiger charge is -2.31. The Labute approximate surface area is 99.2 Å². The van der Waals surface area contributed by atoms with Gasteiger partial charge in [-0.15, -0.1) is 0 Å². The molecule has 1 atom stereocenters. The van der Waals surface area contributed by atoms with Crippen molar-refractivity contribution in [1.82, 2.24) is 15.4 Å². The van der Waals surface area contributed by atoms with Gasteiger partial charge in [0.2, 0.25) is 0 Å². The third kappa shape index (κ3) is 2.01. The Morgan fingerprint density at radius 3 is 3.00 bits per heavy atom. The molecule has 1 aliphatic heterocycles. The summed E-state index contributed by atoms with van der Waals surface area (Å²) >= 11 is 0. The molecule has 0 aliphatic carbocycles. The SMILES string of the molecule is Cc1noc(C)c1C(=O)N1CCNCC1C#N. The Bertz CT molecular complexity index is 455. The van der Waals surface area contributed by atoms with Crippen molar-refractivity contribution >= 4 is 5.91 Å². The monoisotopic (exact) mass is 234 g/mol. The zero-order chi connectivity index (χ0) is 12.4. The van der Waals surface area contributed by atoms with Gasteiger partial charge in [0.15, 0.2) is 0 Å². The maximum Gasteiger partial charge on any atom is 0.260 e. The van der Waals surface area contributed by atoms with Crippen LogP contribution < -0.4 is 5.32 Å². The zero-order valence-corrected chi connectivity index (χ0v) is 9.86. The van der Waals surface area contributed by atoms with Crippen LogP contribution in [0.4, 0.5) is 0 Å². The molecule has 1 saturated heterocycles. The summed E-state index contributed by atoms with van der Waals surface area (Å²) in [7, 11) is 0. The summed E-state index contributed by atoms with van der Waals surface area (Å²) in [5, 5.41) is 15.9. The van der Waals surface area contributed by atoms with E-state index in [1.807, 2.05) is 0 Å². The van der Waals surface area contributed by atoms with Crippen molar-refractivity contribution in [2.24, 2.45) is 0 Å². The minimum absolute atomic E-state index is 0.172. The first kappa shape index (κ1) is 11.6. The molecular weight excluding hydrogens is 220 g/mol. The van der Waals surface area contributed by atoms with Gasteiger partial charge in [-0.05, 0) is 13.8 Å². The Hall–Kier alpha value is -1.87. The number of hydrogen-bond acceptors (Lipinski definition) is 5.